The number of nitrogens with two attached hydrogens (primary N) is 1. The Morgan fingerprint density at radius 2 is 1.94 bits per heavy atom. The Kier molecular flexibility index (Phi) is 7.94. The van der Waals surface area contributed by atoms with Crippen LogP contribution in [0.5, 0.6) is 0 Å². The number of amides is 1. The molecule has 0 aliphatic carbocycles. The molecule has 0 spiro atoms. The maximum Gasteiger partial charge on any atom is 0.219 e. The zero-order valence-corrected chi connectivity index (χ0v) is 19.3. The molecule has 8 nitrogen and oxygen atoms in total. The van der Waals surface area contributed by atoms with Crippen LogP contribution in [0.4, 0.5) is 10.2 Å². The van der Waals surface area contributed by atoms with Gasteiger partial charge in [-0.2, -0.15) is 5.26 Å². The summed E-state index contributed by atoms with van der Waals surface area (Å²) in [5, 5.41) is 12.6. The number of hydrogen-bond acceptors (Lipinski definition) is 6. The summed E-state index contributed by atoms with van der Waals surface area (Å²) in [5.41, 5.74) is 8.07. The number of hydrogen-bond donors (Lipinski definition) is 3. The molecule has 0 aliphatic rings. The first-order valence-electron chi connectivity index (χ1n) is 10.4. The fraction of sp³-hybridized carbons (Fsp3) is 0.208. The van der Waals surface area contributed by atoms with Crippen molar-refractivity contribution in [2.24, 2.45) is 5.73 Å². The van der Waals surface area contributed by atoms with E-state index in [0.29, 0.717) is 41.2 Å². The Hall–Kier alpha value is -3.81. The average molecular weight is 482 g/mol. The van der Waals surface area contributed by atoms with E-state index in [1.165, 1.54) is 12.1 Å². The lowest BCUT2D eigenvalue weighted by Gasteiger charge is -2.21. The molecule has 0 fully saturated rings. The van der Waals surface area contributed by atoms with Crippen molar-refractivity contribution in [1.82, 2.24) is 9.71 Å². The van der Waals surface area contributed by atoms with E-state index in [0.717, 1.165) is 11.8 Å². The lowest BCUT2D eigenvalue weighted by atomic mass is 10.0. The summed E-state index contributed by atoms with van der Waals surface area (Å²) in [4.78, 5) is 16.3. The van der Waals surface area contributed by atoms with Crippen LogP contribution >= 0.6 is 0 Å². The van der Waals surface area contributed by atoms with Crippen molar-refractivity contribution in [1.29, 1.82) is 5.26 Å². The van der Waals surface area contributed by atoms with E-state index in [9.17, 15) is 22.9 Å². The van der Waals surface area contributed by atoms with Gasteiger partial charge in [0.15, 0.2) is 0 Å². The molecule has 0 saturated heterocycles. The summed E-state index contributed by atoms with van der Waals surface area (Å²) in [6, 6.07) is 17.6. The van der Waals surface area contributed by atoms with Gasteiger partial charge in [-0.3, -0.25) is 4.79 Å². The molecule has 1 heterocycles. The molecule has 3 rings (SSSR count). The fourth-order valence-electron chi connectivity index (χ4n) is 3.54. The third-order valence-electron chi connectivity index (χ3n) is 4.98. The van der Waals surface area contributed by atoms with Crippen LogP contribution in [0.2, 0.25) is 0 Å². The second-order valence-corrected chi connectivity index (χ2v) is 9.49. The van der Waals surface area contributed by atoms with Crippen molar-refractivity contribution in [3.8, 4) is 17.3 Å². The normalized spacial score (nSPS) is 12.0. The quantitative estimate of drug-likeness (QED) is 0.407. The number of pyridine rings is 1. The highest BCUT2D eigenvalue weighted by Crippen LogP contribution is 2.29. The molecule has 34 heavy (non-hydrogen) atoms. The minimum absolute atomic E-state index is 0.276. The summed E-state index contributed by atoms with van der Waals surface area (Å²) in [5.74, 6) is -0.708. The maximum absolute atomic E-state index is 13.5. The molecule has 0 radical (unpaired) electrons. The second-order valence-electron chi connectivity index (χ2n) is 7.71. The van der Waals surface area contributed by atoms with Crippen LogP contribution in [0.1, 0.15) is 29.2 Å². The average Bonchev–Trinajstić information content (AvgIpc) is 2.77. The first-order valence-corrected chi connectivity index (χ1v) is 12.3. The van der Waals surface area contributed by atoms with E-state index >= 15 is 0 Å². The Bertz CT molecular complexity index is 1340. The van der Waals surface area contributed by atoms with Crippen molar-refractivity contribution in [3.05, 3.63) is 83.2 Å². The third kappa shape index (κ3) is 6.84. The van der Waals surface area contributed by atoms with Crippen molar-refractivity contribution in [2.45, 2.75) is 18.9 Å². The lowest BCUT2D eigenvalue weighted by Crippen LogP contribution is -2.31. The van der Waals surface area contributed by atoms with Gasteiger partial charge in [-0.25, -0.2) is 22.5 Å². The molecule has 0 saturated carbocycles. The molecule has 2 aromatic carbocycles. The number of sulfonamides is 1. The van der Waals surface area contributed by atoms with Crippen LogP contribution in [0.3, 0.4) is 0 Å². The number of carbonyl (C=O) groups is 1. The van der Waals surface area contributed by atoms with Gasteiger partial charge < -0.3 is 11.1 Å². The minimum atomic E-state index is -3.67. The topological polar surface area (TPSA) is 138 Å². The number of benzene rings is 2. The summed E-state index contributed by atoms with van der Waals surface area (Å²) in [7, 11) is -3.67. The van der Waals surface area contributed by atoms with Gasteiger partial charge in [0.1, 0.15) is 11.6 Å². The molecule has 1 atom stereocenters. The molecule has 1 amide bonds. The number of nitrogens with one attached hydrogen (secondary N) is 2. The predicted octanol–water partition coefficient (Wildman–Crippen LogP) is 2.88. The van der Waals surface area contributed by atoms with Gasteiger partial charge in [0.05, 0.1) is 29.6 Å². The van der Waals surface area contributed by atoms with Gasteiger partial charge in [-0.15, -0.1) is 0 Å². The van der Waals surface area contributed by atoms with E-state index in [1.54, 1.807) is 48.5 Å². The number of nitriles is 1. The van der Waals surface area contributed by atoms with Crippen molar-refractivity contribution < 1.29 is 17.6 Å². The summed E-state index contributed by atoms with van der Waals surface area (Å²) >= 11 is 0. The van der Waals surface area contributed by atoms with E-state index < -0.39 is 22.0 Å². The molecule has 176 valence electrons. The van der Waals surface area contributed by atoms with Gasteiger partial charge in [-0.1, -0.05) is 36.4 Å². The number of nitrogens with zero attached hydrogens (tertiary/aromatic N) is 2. The number of aromatic nitrogens is 1. The van der Waals surface area contributed by atoms with E-state index in [2.05, 4.69) is 21.1 Å². The van der Waals surface area contributed by atoms with Crippen LogP contribution in [0, 0.1) is 17.1 Å². The largest absolute Gasteiger partial charge is 0.370 e. The molecule has 1 aromatic heterocycles. The summed E-state index contributed by atoms with van der Waals surface area (Å²) in [6.07, 6.45) is 1.18. The van der Waals surface area contributed by atoms with Crippen LogP contribution in [0.15, 0.2) is 60.7 Å². The highest BCUT2D eigenvalue weighted by atomic mass is 32.2. The predicted molar refractivity (Wildman–Crippen MR) is 128 cm³/mol. The van der Waals surface area contributed by atoms with Gasteiger partial charge in [0, 0.05) is 24.1 Å². The molecule has 4 N–H and O–H groups in total. The zero-order valence-electron chi connectivity index (χ0n) is 18.5. The number of halogens is 1. The van der Waals surface area contributed by atoms with E-state index in [-0.39, 0.29) is 12.2 Å². The highest BCUT2D eigenvalue weighted by molar-refractivity contribution is 7.88. The molecule has 0 bridgehead atoms. The molecular formula is C24H24FN5O3S. The van der Waals surface area contributed by atoms with Crippen molar-refractivity contribution in [3.63, 3.8) is 0 Å². The van der Waals surface area contributed by atoms with Crippen molar-refractivity contribution in [2.75, 3.05) is 18.1 Å². The number of anilines is 1. The molecule has 10 heteroatoms. The monoisotopic (exact) mass is 481 g/mol. The molecule has 0 aliphatic heterocycles. The van der Waals surface area contributed by atoms with E-state index in [4.69, 9.17) is 5.73 Å². The Morgan fingerprint density at radius 3 is 2.62 bits per heavy atom. The van der Waals surface area contributed by atoms with Gasteiger partial charge in [0.25, 0.3) is 0 Å². The smallest absolute Gasteiger partial charge is 0.219 e. The fourth-order valence-corrected chi connectivity index (χ4v) is 4.27. The first-order chi connectivity index (χ1) is 16.2. The number of primary amides is 1. The van der Waals surface area contributed by atoms with Gasteiger partial charge in [-0.05, 0) is 36.2 Å². The molecular weight excluding hydrogens is 457 g/mol. The molecule has 3 aromatic rings. The Balaban J connectivity index is 2.00. The van der Waals surface area contributed by atoms with Crippen molar-refractivity contribution >= 4 is 21.7 Å². The second kappa shape index (κ2) is 10.9. The van der Waals surface area contributed by atoms with Gasteiger partial charge >= 0.3 is 0 Å². The SMILES string of the molecule is CS(=O)(=O)NC(CC(N)=O)c1ccc(-c2ccccc2C#N)nc1NCCc1cccc(F)c1. The third-order valence-corrected chi connectivity index (χ3v) is 5.69. The standard InChI is InChI=1S/C24H24FN5O3S/c1-34(32,33)30-22(14-23(27)31)20-9-10-21(19-8-3-2-6-17(19)15-26)29-24(20)28-12-11-16-5-4-7-18(25)13-16/h2-10,13,22,30H,11-12,14H2,1H3,(H2,27,31)(H,28,29). The summed E-state index contributed by atoms with van der Waals surface area (Å²) in [6.45, 7) is 0.356. The van der Waals surface area contributed by atoms with Crippen LogP contribution in [-0.2, 0) is 21.2 Å². The maximum atomic E-state index is 13.5. The van der Waals surface area contributed by atoms with Gasteiger partial charge in [0.2, 0.25) is 15.9 Å². The molecule has 1 unspecified atom stereocenters. The van der Waals surface area contributed by atoms with Crippen LogP contribution < -0.4 is 15.8 Å². The minimum Gasteiger partial charge on any atom is -0.370 e. The Labute approximate surface area is 197 Å². The Morgan fingerprint density at radius 1 is 1.18 bits per heavy atom. The zero-order chi connectivity index (χ0) is 24.7. The van der Waals surface area contributed by atoms with Crippen LogP contribution in [-0.4, -0.2) is 32.1 Å². The first kappa shape index (κ1) is 24.8. The van der Waals surface area contributed by atoms with E-state index in [1.807, 2.05) is 0 Å². The number of rotatable bonds is 10. The van der Waals surface area contributed by atoms with Crippen LogP contribution in [0.25, 0.3) is 11.3 Å². The summed E-state index contributed by atoms with van der Waals surface area (Å²) < 4.78 is 39.8. The highest BCUT2D eigenvalue weighted by Gasteiger charge is 2.23. The number of carbonyl (C=O) groups excluding carboxylic acids is 1. The lowest BCUT2D eigenvalue weighted by molar-refractivity contribution is -0.118.